The molecule has 0 N–H and O–H groups in total. The van der Waals surface area contributed by atoms with Gasteiger partial charge in [0.05, 0.1) is 97.2 Å². The average Bonchev–Trinajstić information content (AvgIpc) is 3.84. The molecular weight excluding hydrogens is 804 g/mol. The first-order valence-corrected chi connectivity index (χ1v) is 19.9. The molecule has 0 aliphatic heterocycles. The first-order chi connectivity index (χ1) is 31.1. The zero-order chi connectivity index (χ0) is 44.3. The molecule has 64 heavy (non-hydrogen) atoms. The van der Waals surface area contributed by atoms with Crippen LogP contribution >= 0.6 is 0 Å². The Kier molecular flexibility index (Phi) is 9.06. The third kappa shape index (κ3) is 6.09. The number of fused-ring (bicyclic) bond motifs is 6. The van der Waals surface area contributed by atoms with Crippen LogP contribution in [0.4, 0.5) is 13.2 Å². The van der Waals surface area contributed by atoms with E-state index in [1.807, 2.05) is 65.2 Å². The van der Waals surface area contributed by atoms with Crippen LogP contribution in [-0.4, -0.2) is 9.13 Å². The van der Waals surface area contributed by atoms with Crippen molar-refractivity contribution in [2.24, 2.45) is 0 Å². The maximum Gasteiger partial charge on any atom is 0.418 e. The molecule has 2 heterocycles. The summed E-state index contributed by atoms with van der Waals surface area (Å²) in [5, 5.41) is 52.2. The predicted molar refractivity (Wildman–Crippen MR) is 240 cm³/mol. The Balaban J connectivity index is 1.26. The van der Waals surface area contributed by atoms with Gasteiger partial charge in [0.2, 0.25) is 0 Å². The van der Waals surface area contributed by atoms with E-state index in [2.05, 4.69) is 30.3 Å². The fraction of sp³-hybridized carbons (Fsp3) is 0.0185. The largest absolute Gasteiger partial charge is 0.418 e. The van der Waals surface area contributed by atoms with Crippen LogP contribution in [-0.2, 0) is 6.18 Å². The molecule has 0 atom stereocenters. The van der Waals surface area contributed by atoms with Crippen molar-refractivity contribution >= 4 is 43.6 Å². The normalized spacial score (nSPS) is 11.3. The number of nitrogens with zero attached hydrogens (tertiary/aromatic N) is 7. The summed E-state index contributed by atoms with van der Waals surface area (Å²) in [5.74, 6) is 0. The second kappa shape index (κ2) is 14.9. The summed E-state index contributed by atoms with van der Waals surface area (Å²) < 4.78 is 50.5. The smallest absolute Gasteiger partial charge is 0.309 e. The first kappa shape index (κ1) is 38.8. The minimum atomic E-state index is -4.81. The molecule has 298 valence electrons. The zero-order valence-electron chi connectivity index (χ0n) is 33.3. The zero-order valence-corrected chi connectivity index (χ0v) is 33.3. The maximum atomic E-state index is 15.6. The van der Waals surface area contributed by atoms with E-state index in [0.717, 1.165) is 33.4 Å². The molecule has 0 saturated heterocycles. The van der Waals surface area contributed by atoms with Gasteiger partial charge >= 0.3 is 6.18 Å². The Labute approximate surface area is 363 Å². The fourth-order valence-corrected chi connectivity index (χ4v) is 8.94. The molecule has 2 aromatic heterocycles. The lowest BCUT2D eigenvalue weighted by atomic mass is 9.95. The Hall–Kier alpha value is -9.40. The van der Waals surface area contributed by atoms with Gasteiger partial charge in [-0.3, -0.25) is 0 Å². The molecule has 10 rings (SSSR count). The predicted octanol–water partition coefficient (Wildman–Crippen LogP) is 13.3. The van der Waals surface area contributed by atoms with E-state index in [4.69, 9.17) is 0 Å². The maximum absolute atomic E-state index is 15.6. The van der Waals surface area contributed by atoms with Crippen molar-refractivity contribution in [3.8, 4) is 75.1 Å². The van der Waals surface area contributed by atoms with Crippen LogP contribution in [0, 0.1) is 56.7 Å². The molecule has 0 amide bonds. The Morgan fingerprint density at radius 3 is 1.39 bits per heavy atom. The van der Waals surface area contributed by atoms with E-state index in [1.165, 1.54) is 12.1 Å². The quantitative estimate of drug-likeness (QED) is 0.171. The van der Waals surface area contributed by atoms with Gasteiger partial charge in [0.15, 0.2) is 0 Å². The molecule has 0 fully saturated rings. The number of hydrogen-bond acceptors (Lipinski definition) is 5. The molecule has 0 aliphatic carbocycles. The highest BCUT2D eigenvalue weighted by molar-refractivity contribution is 6.13. The van der Waals surface area contributed by atoms with E-state index in [1.54, 1.807) is 83.4 Å². The molecule has 0 aliphatic rings. The summed E-state index contributed by atoms with van der Waals surface area (Å²) in [6.07, 6.45) is -4.81. The van der Waals surface area contributed by atoms with E-state index in [9.17, 15) is 26.3 Å². The van der Waals surface area contributed by atoms with Crippen LogP contribution in [0.3, 0.4) is 0 Å². The summed E-state index contributed by atoms with van der Waals surface area (Å²) >= 11 is 0. The monoisotopic (exact) mass is 829 g/mol. The highest BCUT2D eigenvalue weighted by Crippen LogP contribution is 2.46. The second-order valence-electron chi connectivity index (χ2n) is 15.2. The van der Waals surface area contributed by atoms with Crippen LogP contribution in [0.5, 0.6) is 0 Å². The van der Waals surface area contributed by atoms with Gasteiger partial charge in [-0.05, 0) is 107 Å². The van der Waals surface area contributed by atoms with Gasteiger partial charge < -0.3 is 9.13 Å². The minimum Gasteiger partial charge on any atom is -0.309 e. The van der Waals surface area contributed by atoms with Gasteiger partial charge in [0, 0.05) is 32.7 Å². The second-order valence-corrected chi connectivity index (χ2v) is 15.2. The molecule has 0 saturated carbocycles. The van der Waals surface area contributed by atoms with Crippen molar-refractivity contribution in [3.05, 3.63) is 191 Å². The molecule has 0 spiro atoms. The molecule has 10 aromatic rings. The molecule has 0 unspecified atom stereocenters. The molecular formula is C54H26F3N7. The SMILES string of the molecule is N#Cc1ccc(-c2ccc3c(c2)c2ccccc2n3-c2ccc(C#N)cc2-c2cccc(C(F)(F)F)c2-n2c3ccccc3c3cc(-c4ccc(C#N)cc4C#N)ccc32)c(C#N)c1. The molecule has 8 aromatic carbocycles. The van der Waals surface area contributed by atoms with Gasteiger partial charge in [-0.15, -0.1) is 0 Å². The van der Waals surface area contributed by atoms with Gasteiger partial charge in [-0.1, -0.05) is 72.8 Å². The molecule has 0 radical (unpaired) electrons. The number of benzene rings is 8. The number of nitriles is 5. The van der Waals surface area contributed by atoms with E-state index < -0.39 is 11.7 Å². The lowest BCUT2D eigenvalue weighted by Crippen LogP contribution is -2.12. The molecule has 10 heteroatoms. The summed E-state index contributed by atoms with van der Waals surface area (Å²) in [5.41, 5.74) is 6.82. The third-order valence-corrected chi connectivity index (χ3v) is 11.7. The Morgan fingerprint density at radius 2 is 0.859 bits per heavy atom. The number of alkyl halides is 3. The minimum absolute atomic E-state index is 0.130. The van der Waals surface area contributed by atoms with E-state index in [-0.39, 0.29) is 16.8 Å². The Morgan fingerprint density at radius 1 is 0.375 bits per heavy atom. The van der Waals surface area contributed by atoms with Crippen molar-refractivity contribution in [2.45, 2.75) is 6.18 Å². The van der Waals surface area contributed by atoms with Crippen molar-refractivity contribution in [2.75, 3.05) is 0 Å². The number of aromatic nitrogens is 2. The van der Waals surface area contributed by atoms with Crippen LogP contribution in [0.2, 0.25) is 0 Å². The van der Waals surface area contributed by atoms with Crippen LogP contribution in [0.15, 0.2) is 158 Å². The third-order valence-electron chi connectivity index (χ3n) is 11.7. The van der Waals surface area contributed by atoms with Crippen molar-refractivity contribution in [3.63, 3.8) is 0 Å². The summed E-state index contributed by atoms with van der Waals surface area (Å²) in [6.45, 7) is 0. The Bertz CT molecular complexity index is 3850. The lowest BCUT2D eigenvalue weighted by molar-refractivity contribution is -0.137. The van der Waals surface area contributed by atoms with Gasteiger partial charge in [-0.25, -0.2) is 0 Å². The number of hydrogen-bond donors (Lipinski definition) is 0. The standard InChI is InChI=1S/C54H26F3N7/c55-54(56,57)47-9-5-8-43(53(47)64-49-11-4-2-7-42(49)46-26-36(16-21-52(46)64)40-18-13-33(28-59)23-38(40)31-62)44-24-34(29-60)14-19-50(44)63-48-10-3-1-6-41(48)45-25-35(15-20-51(45)63)39-17-12-32(27-58)22-37(39)30-61/h1-26H. The van der Waals surface area contributed by atoms with Crippen molar-refractivity contribution in [1.29, 1.82) is 26.3 Å². The van der Waals surface area contributed by atoms with Crippen LogP contribution < -0.4 is 0 Å². The van der Waals surface area contributed by atoms with E-state index >= 15 is 13.2 Å². The highest BCUT2D eigenvalue weighted by atomic mass is 19.4. The number of halogens is 3. The summed E-state index contributed by atoms with van der Waals surface area (Å²) in [7, 11) is 0. The summed E-state index contributed by atoms with van der Waals surface area (Å²) in [6, 6.07) is 55.7. The number of para-hydroxylation sites is 3. The first-order valence-electron chi connectivity index (χ1n) is 19.9. The summed E-state index contributed by atoms with van der Waals surface area (Å²) in [4.78, 5) is 0. The van der Waals surface area contributed by atoms with Gasteiger partial charge in [0.25, 0.3) is 0 Å². The lowest BCUT2D eigenvalue weighted by Gasteiger charge is -2.22. The molecule has 7 nitrogen and oxygen atoms in total. The topological polar surface area (TPSA) is 129 Å². The van der Waals surface area contributed by atoms with Crippen LogP contribution in [0.25, 0.3) is 88.4 Å². The number of rotatable bonds is 5. The fourth-order valence-electron chi connectivity index (χ4n) is 8.94. The van der Waals surface area contributed by atoms with Crippen molar-refractivity contribution < 1.29 is 13.2 Å². The highest BCUT2D eigenvalue weighted by Gasteiger charge is 2.37. The molecule has 0 bridgehead atoms. The van der Waals surface area contributed by atoms with E-state index in [0.29, 0.717) is 72.0 Å². The average molecular weight is 830 g/mol. The van der Waals surface area contributed by atoms with Gasteiger partial charge in [0.1, 0.15) is 0 Å². The van der Waals surface area contributed by atoms with Gasteiger partial charge in [-0.2, -0.15) is 39.5 Å². The van der Waals surface area contributed by atoms with Crippen molar-refractivity contribution in [1.82, 2.24) is 9.13 Å². The van der Waals surface area contributed by atoms with Crippen LogP contribution in [0.1, 0.15) is 33.4 Å².